The molecule has 140 valence electrons. The zero-order chi connectivity index (χ0) is 18.6. The molecule has 7 nitrogen and oxygen atoms in total. The largest absolute Gasteiger partial charge is 0.378 e. The summed E-state index contributed by atoms with van der Waals surface area (Å²) < 4.78 is 7.39. The third kappa shape index (κ3) is 3.78. The van der Waals surface area contributed by atoms with Crippen molar-refractivity contribution < 1.29 is 9.53 Å². The maximum absolute atomic E-state index is 12.6. The molecule has 1 aliphatic rings. The summed E-state index contributed by atoms with van der Waals surface area (Å²) in [5, 5.41) is 3.03. The number of nitrogens with zero attached hydrogens (tertiary/aromatic N) is 4. The van der Waals surface area contributed by atoms with Crippen molar-refractivity contribution in [3.05, 3.63) is 59.7 Å². The number of hydrogen-bond donors (Lipinski definition) is 1. The second kappa shape index (κ2) is 7.75. The molecule has 1 N–H and O–H groups in total. The van der Waals surface area contributed by atoms with Crippen LogP contribution in [-0.2, 0) is 22.5 Å². The number of carbonyl (C=O) groups excluding carboxylic acids is 1. The zero-order valence-corrected chi connectivity index (χ0v) is 15.4. The summed E-state index contributed by atoms with van der Waals surface area (Å²) in [5.41, 5.74) is 3.68. The van der Waals surface area contributed by atoms with E-state index < -0.39 is 0 Å². The predicted molar refractivity (Wildman–Crippen MR) is 103 cm³/mol. The summed E-state index contributed by atoms with van der Waals surface area (Å²) in [7, 11) is 0. The Balaban J connectivity index is 1.44. The molecule has 4 rings (SSSR count). The molecule has 0 saturated carbocycles. The number of nitrogens with one attached hydrogen (secondary N) is 1. The van der Waals surface area contributed by atoms with Crippen LogP contribution in [0.25, 0.3) is 5.65 Å². The van der Waals surface area contributed by atoms with Crippen LogP contribution in [0.3, 0.4) is 0 Å². The van der Waals surface area contributed by atoms with E-state index in [2.05, 4.69) is 20.2 Å². The van der Waals surface area contributed by atoms with Crippen molar-refractivity contribution in [1.29, 1.82) is 0 Å². The smallest absolute Gasteiger partial charge is 0.226 e. The first-order valence-electron chi connectivity index (χ1n) is 9.18. The lowest BCUT2D eigenvalue weighted by molar-refractivity contribution is -0.120. The van der Waals surface area contributed by atoms with Crippen LogP contribution in [0.1, 0.15) is 17.0 Å². The molecular weight excluding hydrogens is 342 g/mol. The van der Waals surface area contributed by atoms with E-state index in [1.165, 1.54) is 0 Å². The highest BCUT2D eigenvalue weighted by molar-refractivity contribution is 5.79. The van der Waals surface area contributed by atoms with Crippen LogP contribution in [-0.4, -0.2) is 46.6 Å². The van der Waals surface area contributed by atoms with Gasteiger partial charge in [0.15, 0.2) is 0 Å². The normalized spacial score (nSPS) is 14.5. The van der Waals surface area contributed by atoms with Gasteiger partial charge in [-0.05, 0) is 25.1 Å². The van der Waals surface area contributed by atoms with Gasteiger partial charge in [-0.25, -0.2) is 9.97 Å². The molecule has 0 atom stereocenters. The van der Waals surface area contributed by atoms with Crippen molar-refractivity contribution in [1.82, 2.24) is 19.7 Å². The first-order chi connectivity index (χ1) is 13.2. The molecule has 0 aromatic carbocycles. The summed E-state index contributed by atoms with van der Waals surface area (Å²) in [4.78, 5) is 23.8. The van der Waals surface area contributed by atoms with Crippen molar-refractivity contribution in [3.8, 4) is 0 Å². The molecule has 0 radical (unpaired) electrons. The van der Waals surface area contributed by atoms with E-state index >= 15 is 0 Å². The number of pyridine rings is 2. The SMILES string of the molecule is Cc1nc2ccccn2c1CC(=O)NCc1cccnc1N1CCOCC1. The van der Waals surface area contributed by atoms with Crippen molar-refractivity contribution in [3.63, 3.8) is 0 Å². The van der Waals surface area contributed by atoms with Crippen LogP contribution in [0, 0.1) is 6.92 Å². The van der Waals surface area contributed by atoms with Crippen molar-refractivity contribution >= 4 is 17.4 Å². The van der Waals surface area contributed by atoms with Gasteiger partial charge in [0.2, 0.25) is 5.91 Å². The third-order valence-corrected chi connectivity index (χ3v) is 4.81. The molecule has 0 aliphatic carbocycles. The van der Waals surface area contributed by atoms with Crippen LogP contribution < -0.4 is 10.2 Å². The number of anilines is 1. The van der Waals surface area contributed by atoms with Gasteiger partial charge in [-0.3, -0.25) is 4.79 Å². The van der Waals surface area contributed by atoms with Gasteiger partial charge in [-0.1, -0.05) is 12.1 Å². The van der Waals surface area contributed by atoms with Crippen LogP contribution >= 0.6 is 0 Å². The van der Waals surface area contributed by atoms with Crippen LogP contribution in [0.15, 0.2) is 42.7 Å². The van der Waals surface area contributed by atoms with Gasteiger partial charge in [0.05, 0.1) is 31.0 Å². The highest BCUT2D eigenvalue weighted by Gasteiger charge is 2.17. The third-order valence-electron chi connectivity index (χ3n) is 4.81. The van der Waals surface area contributed by atoms with E-state index in [1.807, 2.05) is 47.9 Å². The molecule has 3 aromatic heterocycles. The Hall–Kier alpha value is -2.93. The Kier molecular flexibility index (Phi) is 5.02. The second-order valence-electron chi connectivity index (χ2n) is 6.61. The number of carbonyl (C=O) groups is 1. The van der Waals surface area contributed by atoms with E-state index in [0.29, 0.717) is 26.2 Å². The number of hydrogen-bond acceptors (Lipinski definition) is 5. The topological polar surface area (TPSA) is 71.8 Å². The molecular formula is C20H23N5O2. The van der Waals surface area contributed by atoms with Crippen LogP contribution in [0.2, 0.25) is 0 Å². The summed E-state index contributed by atoms with van der Waals surface area (Å²) in [6.45, 7) is 5.44. The van der Waals surface area contributed by atoms with Gasteiger partial charge in [0.1, 0.15) is 11.5 Å². The second-order valence-corrected chi connectivity index (χ2v) is 6.61. The van der Waals surface area contributed by atoms with Gasteiger partial charge in [0.25, 0.3) is 0 Å². The maximum Gasteiger partial charge on any atom is 0.226 e. The maximum atomic E-state index is 12.6. The highest BCUT2D eigenvalue weighted by Crippen LogP contribution is 2.18. The summed E-state index contributed by atoms with van der Waals surface area (Å²) >= 11 is 0. The first-order valence-corrected chi connectivity index (χ1v) is 9.18. The summed E-state index contributed by atoms with van der Waals surface area (Å²) in [6, 6.07) is 9.75. The number of aromatic nitrogens is 3. The van der Waals surface area contributed by atoms with Crippen LogP contribution in [0.5, 0.6) is 0 Å². The lowest BCUT2D eigenvalue weighted by atomic mass is 10.2. The zero-order valence-electron chi connectivity index (χ0n) is 15.4. The van der Waals surface area contributed by atoms with E-state index in [9.17, 15) is 4.79 Å². The monoisotopic (exact) mass is 365 g/mol. The molecule has 1 fully saturated rings. The Morgan fingerprint density at radius 2 is 2.07 bits per heavy atom. The van der Waals surface area contributed by atoms with E-state index in [0.717, 1.165) is 41.5 Å². The average molecular weight is 365 g/mol. The van der Waals surface area contributed by atoms with Gasteiger partial charge < -0.3 is 19.4 Å². The Morgan fingerprint density at radius 3 is 2.93 bits per heavy atom. The van der Waals surface area contributed by atoms with Gasteiger partial charge in [-0.15, -0.1) is 0 Å². The number of ether oxygens (including phenoxy) is 1. The fourth-order valence-corrected chi connectivity index (χ4v) is 3.41. The standard InChI is InChI=1S/C20H23N5O2/c1-15-17(25-8-3-2-6-18(25)23-15)13-19(26)22-14-16-5-4-7-21-20(16)24-9-11-27-12-10-24/h2-8H,9-14H2,1H3,(H,22,26). The number of amides is 1. The highest BCUT2D eigenvalue weighted by atomic mass is 16.5. The molecule has 1 saturated heterocycles. The lowest BCUT2D eigenvalue weighted by Gasteiger charge is -2.29. The molecule has 7 heteroatoms. The lowest BCUT2D eigenvalue weighted by Crippen LogP contribution is -2.38. The predicted octanol–water partition coefficient (Wildman–Crippen LogP) is 1.73. The van der Waals surface area contributed by atoms with Gasteiger partial charge in [-0.2, -0.15) is 0 Å². The Bertz CT molecular complexity index is 946. The van der Waals surface area contributed by atoms with Crippen LogP contribution in [0.4, 0.5) is 5.82 Å². The number of rotatable bonds is 5. The fourth-order valence-electron chi connectivity index (χ4n) is 3.41. The molecule has 3 aromatic rings. The quantitative estimate of drug-likeness (QED) is 0.746. The minimum absolute atomic E-state index is 0.0273. The van der Waals surface area contributed by atoms with E-state index in [-0.39, 0.29) is 5.91 Å². The van der Waals surface area contributed by atoms with E-state index in [4.69, 9.17) is 4.74 Å². The molecule has 1 amide bonds. The van der Waals surface area contributed by atoms with Gasteiger partial charge >= 0.3 is 0 Å². The molecule has 27 heavy (non-hydrogen) atoms. The van der Waals surface area contributed by atoms with Crippen molar-refractivity contribution in [2.24, 2.45) is 0 Å². The number of aryl methyl sites for hydroxylation is 1. The number of fused-ring (bicyclic) bond motifs is 1. The van der Waals surface area contributed by atoms with Gasteiger partial charge in [0, 0.05) is 37.6 Å². The fraction of sp³-hybridized carbons (Fsp3) is 0.350. The Morgan fingerprint density at radius 1 is 1.22 bits per heavy atom. The average Bonchev–Trinajstić information content (AvgIpc) is 3.02. The Labute approximate surface area is 158 Å². The number of imidazole rings is 1. The summed E-state index contributed by atoms with van der Waals surface area (Å²) in [6.07, 6.45) is 4.03. The van der Waals surface area contributed by atoms with Crippen molar-refractivity contribution in [2.75, 3.05) is 31.2 Å². The molecule has 0 bridgehead atoms. The van der Waals surface area contributed by atoms with Crippen molar-refractivity contribution in [2.45, 2.75) is 19.9 Å². The summed E-state index contributed by atoms with van der Waals surface area (Å²) in [5.74, 6) is 0.896. The van der Waals surface area contributed by atoms with E-state index in [1.54, 1.807) is 6.20 Å². The molecule has 0 spiro atoms. The molecule has 1 aliphatic heterocycles. The molecule has 0 unspecified atom stereocenters. The number of morpholine rings is 1. The first kappa shape index (κ1) is 17.5. The minimum Gasteiger partial charge on any atom is -0.378 e. The molecule has 4 heterocycles. The minimum atomic E-state index is -0.0273.